The standard InChI is InChI=1S/C18H22N6O3/c1-12(25)27-11-24-10-20-15-16(24)21-18(19)22-17(15)26-9-14-6-4-5-13(7-14)8-23(2)3/h4-7,10H,8-9,11H2,1-3H3,(H2,19,21,22). The summed E-state index contributed by atoms with van der Waals surface area (Å²) in [6.07, 6.45) is 1.51. The van der Waals surface area contributed by atoms with Gasteiger partial charge >= 0.3 is 5.97 Å². The fourth-order valence-corrected chi connectivity index (χ4v) is 2.62. The van der Waals surface area contributed by atoms with Crippen molar-refractivity contribution in [3.8, 4) is 5.88 Å². The average Bonchev–Trinajstić information content (AvgIpc) is 3.00. The second-order valence-corrected chi connectivity index (χ2v) is 6.38. The second-order valence-electron chi connectivity index (χ2n) is 6.38. The Balaban J connectivity index is 1.80. The number of esters is 1. The maximum Gasteiger partial charge on any atom is 0.304 e. The van der Waals surface area contributed by atoms with Crippen molar-refractivity contribution in [2.24, 2.45) is 0 Å². The lowest BCUT2D eigenvalue weighted by atomic mass is 10.1. The van der Waals surface area contributed by atoms with Crippen molar-refractivity contribution in [1.29, 1.82) is 0 Å². The van der Waals surface area contributed by atoms with Gasteiger partial charge < -0.3 is 20.1 Å². The number of hydrogen-bond donors (Lipinski definition) is 1. The zero-order chi connectivity index (χ0) is 19.4. The molecule has 1 aromatic carbocycles. The molecule has 0 atom stereocenters. The van der Waals surface area contributed by atoms with Crippen molar-refractivity contribution < 1.29 is 14.3 Å². The second kappa shape index (κ2) is 8.00. The third-order valence-electron chi connectivity index (χ3n) is 3.72. The van der Waals surface area contributed by atoms with Gasteiger partial charge in [0.05, 0.1) is 0 Å². The number of aromatic nitrogens is 4. The van der Waals surface area contributed by atoms with E-state index in [-0.39, 0.29) is 18.6 Å². The summed E-state index contributed by atoms with van der Waals surface area (Å²) in [5, 5.41) is 0. The summed E-state index contributed by atoms with van der Waals surface area (Å²) in [5.74, 6) is -0.0477. The van der Waals surface area contributed by atoms with Crippen LogP contribution >= 0.6 is 0 Å². The number of carbonyl (C=O) groups excluding carboxylic acids is 1. The van der Waals surface area contributed by atoms with Gasteiger partial charge in [-0.2, -0.15) is 9.97 Å². The minimum atomic E-state index is -0.395. The van der Waals surface area contributed by atoms with Gasteiger partial charge in [0.2, 0.25) is 11.8 Å². The highest BCUT2D eigenvalue weighted by atomic mass is 16.5. The molecule has 9 nitrogen and oxygen atoms in total. The molecule has 0 unspecified atom stereocenters. The summed E-state index contributed by atoms with van der Waals surface area (Å²) < 4.78 is 12.4. The number of benzene rings is 1. The summed E-state index contributed by atoms with van der Waals surface area (Å²) in [7, 11) is 4.05. The molecule has 27 heavy (non-hydrogen) atoms. The van der Waals surface area contributed by atoms with Gasteiger partial charge in [-0.3, -0.25) is 9.36 Å². The number of ether oxygens (including phenoxy) is 2. The molecule has 3 rings (SSSR count). The topological polar surface area (TPSA) is 108 Å². The van der Waals surface area contributed by atoms with Crippen LogP contribution in [-0.2, 0) is 29.4 Å². The molecule has 0 aliphatic carbocycles. The number of nitrogens with zero attached hydrogens (tertiary/aromatic N) is 5. The van der Waals surface area contributed by atoms with E-state index < -0.39 is 5.97 Å². The number of fused-ring (bicyclic) bond motifs is 1. The van der Waals surface area contributed by atoms with Crippen molar-refractivity contribution in [3.05, 3.63) is 41.7 Å². The van der Waals surface area contributed by atoms with Crippen LogP contribution in [-0.4, -0.2) is 44.5 Å². The van der Waals surface area contributed by atoms with Gasteiger partial charge in [-0.05, 0) is 25.2 Å². The molecule has 0 amide bonds. The zero-order valence-electron chi connectivity index (χ0n) is 15.5. The van der Waals surface area contributed by atoms with E-state index in [1.54, 1.807) is 4.57 Å². The maximum absolute atomic E-state index is 11.0. The van der Waals surface area contributed by atoms with Crippen LogP contribution in [0.4, 0.5) is 5.95 Å². The molecule has 0 fully saturated rings. The van der Waals surface area contributed by atoms with Crippen LogP contribution in [0.15, 0.2) is 30.6 Å². The SMILES string of the molecule is CC(=O)OCn1cnc2c(OCc3cccc(CN(C)C)c3)nc(N)nc21. The fourth-order valence-electron chi connectivity index (χ4n) is 2.62. The van der Waals surface area contributed by atoms with Crippen LogP contribution in [0.5, 0.6) is 5.88 Å². The van der Waals surface area contributed by atoms with Crippen LogP contribution in [0.1, 0.15) is 18.1 Å². The quantitative estimate of drug-likeness (QED) is 0.624. The number of rotatable bonds is 7. The van der Waals surface area contributed by atoms with E-state index in [0.717, 1.165) is 12.1 Å². The number of carbonyl (C=O) groups is 1. The first-order valence-corrected chi connectivity index (χ1v) is 8.39. The highest BCUT2D eigenvalue weighted by molar-refractivity contribution is 5.77. The van der Waals surface area contributed by atoms with E-state index in [9.17, 15) is 4.79 Å². The number of imidazole rings is 1. The smallest absolute Gasteiger partial charge is 0.304 e. The minimum Gasteiger partial charge on any atom is -0.471 e. The Morgan fingerprint density at radius 1 is 1.26 bits per heavy atom. The highest BCUT2D eigenvalue weighted by Crippen LogP contribution is 2.23. The van der Waals surface area contributed by atoms with Crippen LogP contribution < -0.4 is 10.5 Å². The van der Waals surface area contributed by atoms with Crippen molar-refractivity contribution in [1.82, 2.24) is 24.4 Å². The molecular weight excluding hydrogens is 348 g/mol. The normalized spacial score (nSPS) is 11.1. The van der Waals surface area contributed by atoms with Gasteiger partial charge in [0.1, 0.15) is 12.9 Å². The molecule has 0 bridgehead atoms. The first-order valence-electron chi connectivity index (χ1n) is 8.39. The molecule has 0 spiro atoms. The maximum atomic E-state index is 11.0. The van der Waals surface area contributed by atoms with Crippen molar-refractivity contribution in [2.75, 3.05) is 19.8 Å². The summed E-state index contributed by atoms with van der Waals surface area (Å²) in [5.41, 5.74) is 8.91. The number of hydrogen-bond acceptors (Lipinski definition) is 8. The lowest BCUT2D eigenvalue weighted by Crippen LogP contribution is -2.11. The fraction of sp³-hybridized carbons (Fsp3) is 0.333. The molecular formula is C18H22N6O3. The number of anilines is 1. The molecule has 0 radical (unpaired) electrons. The van der Waals surface area contributed by atoms with Crippen LogP contribution in [0, 0.1) is 0 Å². The van der Waals surface area contributed by atoms with E-state index in [0.29, 0.717) is 17.8 Å². The Morgan fingerprint density at radius 3 is 2.78 bits per heavy atom. The van der Waals surface area contributed by atoms with E-state index in [1.165, 1.54) is 18.8 Å². The van der Waals surface area contributed by atoms with Gasteiger partial charge in [0, 0.05) is 13.5 Å². The molecule has 3 aromatic rings. The predicted octanol–water partition coefficient (Wildman–Crippen LogP) is 1.57. The Bertz CT molecular complexity index is 953. The van der Waals surface area contributed by atoms with E-state index in [4.69, 9.17) is 15.2 Å². The lowest BCUT2D eigenvalue weighted by molar-refractivity contribution is -0.144. The monoisotopic (exact) mass is 370 g/mol. The number of nitrogen functional groups attached to an aromatic ring is 1. The largest absolute Gasteiger partial charge is 0.471 e. The molecule has 2 heterocycles. The van der Waals surface area contributed by atoms with E-state index >= 15 is 0 Å². The molecule has 142 valence electrons. The molecule has 9 heteroatoms. The predicted molar refractivity (Wildman–Crippen MR) is 99.7 cm³/mol. The third-order valence-corrected chi connectivity index (χ3v) is 3.72. The molecule has 0 aliphatic rings. The third kappa shape index (κ3) is 4.70. The Labute approximate surface area is 156 Å². The first-order chi connectivity index (χ1) is 12.9. The average molecular weight is 370 g/mol. The Kier molecular flexibility index (Phi) is 5.51. The van der Waals surface area contributed by atoms with Gasteiger partial charge in [-0.1, -0.05) is 24.3 Å². The summed E-state index contributed by atoms with van der Waals surface area (Å²) in [6.45, 7) is 2.50. The van der Waals surface area contributed by atoms with Crippen molar-refractivity contribution >= 4 is 23.1 Å². The number of nitrogens with two attached hydrogens (primary N) is 1. The minimum absolute atomic E-state index is 0.00565. The molecule has 0 saturated heterocycles. The van der Waals surface area contributed by atoms with Gasteiger partial charge in [-0.25, -0.2) is 4.98 Å². The summed E-state index contributed by atoms with van der Waals surface area (Å²) in [6, 6.07) is 8.14. The molecule has 0 saturated carbocycles. The molecule has 0 aliphatic heterocycles. The first kappa shape index (κ1) is 18.6. The summed E-state index contributed by atoms with van der Waals surface area (Å²) >= 11 is 0. The van der Waals surface area contributed by atoms with E-state index in [1.807, 2.05) is 26.2 Å². The Hall–Kier alpha value is -3.20. The van der Waals surface area contributed by atoms with Gasteiger partial charge in [0.15, 0.2) is 17.9 Å². The van der Waals surface area contributed by atoms with Crippen LogP contribution in [0.25, 0.3) is 11.2 Å². The Morgan fingerprint density at radius 2 is 2.04 bits per heavy atom. The lowest BCUT2D eigenvalue weighted by Gasteiger charge is -2.11. The van der Waals surface area contributed by atoms with E-state index in [2.05, 4.69) is 32.0 Å². The van der Waals surface area contributed by atoms with Crippen molar-refractivity contribution in [3.63, 3.8) is 0 Å². The van der Waals surface area contributed by atoms with Gasteiger partial charge in [-0.15, -0.1) is 0 Å². The highest BCUT2D eigenvalue weighted by Gasteiger charge is 2.14. The van der Waals surface area contributed by atoms with Crippen molar-refractivity contribution in [2.45, 2.75) is 26.8 Å². The molecule has 2 N–H and O–H groups in total. The molecule has 2 aromatic heterocycles. The summed E-state index contributed by atoms with van der Waals surface area (Å²) in [4.78, 5) is 25.7. The zero-order valence-corrected chi connectivity index (χ0v) is 15.5. The van der Waals surface area contributed by atoms with Gasteiger partial charge in [0.25, 0.3) is 0 Å². The van der Waals surface area contributed by atoms with Crippen LogP contribution in [0.2, 0.25) is 0 Å². The van der Waals surface area contributed by atoms with Crippen LogP contribution in [0.3, 0.4) is 0 Å².